The normalized spacial score (nSPS) is 16.0. The molecule has 4 nitrogen and oxygen atoms in total. The smallest absolute Gasteiger partial charge is 0.127 e. The number of rotatable bonds is 11. The molecule has 0 aromatic carbocycles. The van der Waals surface area contributed by atoms with Crippen molar-refractivity contribution < 1.29 is 30.9 Å². The molecule has 0 aliphatic heterocycles. The fraction of sp³-hybridized carbons (Fsp3) is 1.00. The zero-order valence-corrected chi connectivity index (χ0v) is 13.9. The van der Waals surface area contributed by atoms with Crippen LogP contribution in [0.5, 0.6) is 0 Å². The molecule has 127 valence electrons. The molecule has 0 aromatic rings. The van der Waals surface area contributed by atoms with Gasteiger partial charge in [0.2, 0.25) is 0 Å². The number of halogens is 3. The second-order valence-electron chi connectivity index (χ2n) is 5.26. The molecule has 0 bridgehead atoms. The maximum atomic E-state index is 12.6. The van der Waals surface area contributed by atoms with E-state index in [1.54, 1.807) is 0 Å². The van der Waals surface area contributed by atoms with Crippen LogP contribution in [-0.4, -0.2) is 29.8 Å². The Kier molecular flexibility index (Phi) is 8.99. The summed E-state index contributed by atoms with van der Waals surface area (Å²) in [6.45, 7) is 6.58. The van der Waals surface area contributed by atoms with Gasteiger partial charge in [0.05, 0.1) is 8.84 Å². The highest BCUT2D eigenvalue weighted by molar-refractivity contribution is 7.93. The van der Waals surface area contributed by atoms with Crippen LogP contribution in [0.15, 0.2) is 0 Å². The zero-order valence-electron chi connectivity index (χ0n) is 13.1. The second kappa shape index (κ2) is 9.07. The van der Waals surface area contributed by atoms with Crippen molar-refractivity contribution in [3.63, 3.8) is 0 Å². The van der Waals surface area contributed by atoms with Gasteiger partial charge in [-0.2, -0.15) is 0 Å². The van der Waals surface area contributed by atoms with Crippen LogP contribution in [0.1, 0.15) is 59.3 Å². The number of alkyl halides is 3. The number of nitrogens with zero attached hydrogens (tertiary/aromatic N) is 1. The molecule has 0 saturated carbocycles. The summed E-state index contributed by atoms with van der Waals surface area (Å²) in [6.07, 6.45) is 4.19. The SMILES string of the molecule is CCCC[N+](CCCC)(CCCC)O[S+]([O])(=O)C(F)(F)F. The minimum absolute atomic E-state index is 0.284. The fourth-order valence-electron chi connectivity index (χ4n) is 2.04. The number of hydrogen-bond donors (Lipinski definition) is 0. The fourth-order valence-corrected chi connectivity index (χ4v) is 2.76. The number of hydrogen-bond acceptors (Lipinski definition) is 2. The number of hydroxylamine groups is 3. The molecule has 0 aromatic heterocycles. The van der Waals surface area contributed by atoms with Crippen LogP contribution in [-0.2, 0) is 23.5 Å². The second-order valence-corrected chi connectivity index (χ2v) is 6.78. The Morgan fingerprint density at radius 1 is 0.905 bits per heavy atom. The van der Waals surface area contributed by atoms with Crippen molar-refractivity contribution in [3.8, 4) is 0 Å². The van der Waals surface area contributed by atoms with Gasteiger partial charge < -0.3 is 0 Å². The Morgan fingerprint density at radius 2 is 1.24 bits per heavy atom. The van der Waals surface area contributed by atoms with Gasteiger partial charge in [-0.15, -0.1) is 17.8 Å². The molecule has 0 saturated heterocycles. The van der Waals surface area contributed by atoms with Crippen LogP contribution in [0, 0.1) is 0 Å². The lowest BCUT2D eigenvalue weighted by atomic mass is 10.2. The molecule has 0 amide bonds. The van der Waals surface area contributed by atoms with Crippen LogP contribution < -0.4 is 0 Å². The Labute approximate surface area is 126 Å². The Bertz CT molecular complexity index is 315. The van der Waals surface area contributed by atoms with Gasteiger partial charge in [0.1, 0.15) is 19.6 Å². The summed E-state index contributed by atoms with van der Waals surface area (Å²) in [6, 6.07) is 0. The van der Waals surface area contributed by atoms with E-state index in [0.717, 1.165) is 19.3 Å². The maximum absolute atomic E-state index is 12.6. The molecule has 1 atom stereocenters. The van der Waals surface area contributed by atoms with E-state index in [9.17, 15) is 21.9 Å². The summed E-state index contributed by atoms with van der Waals surface area (Å²) in [5.41, 5.74) is -5.37. The van der Waals surface area contributed by atoms with Gasteiger partial charge in [0.15, 0.2) is 0 Å². The minimum atomic E-state index is -5.57. The molecule has 0 aliphatic carbocycles. The molecule has 0 aliphatic rings. The first-order valence-electron chi connectivity index (χ1n) is 7.52. The molecular formula is C13H27F3NO3S+2. The van der Waals surface area contributed by atoms with Crippen molar-refractivity contribution in [1.82, 2.24) is 0 Å². The van der Waals surface area contributed by atoms with Gasteiger partial charge in [0.25, 0.3) is 0 Å². The maximum Gasteiger partial charge on any atom is 0.651 e. The molecule has 0 heterocycles. The predicted molar refractivity (Wildman–Crippen MR) is 75.5 cm³/mol. The highest BCUT2D eigenvalue weighted by Crippen LogP contribution is 2.34. The van der Waals surface area contributed by atoms with Crippen molar-refractivity contribution in [2.45, 2.75) is 64.8 Å². The van der Waals surface area contributed by atoms with E-state index >= 15 is 0 Å². The van der Waals surface area contributed by atoms with E-state index in [2.05, 4.69) is 4.28 Å². The van der Waals surface area contributed by atoms with E-state index in [1.165, 1.54) is 0 Å². The minimum Gasteiger partial charge on any atom is -0.127 e. The summed E-state index contributed by atoms with van der Waals surface area (Å²) in [5, 5.41) is 0. The highest BCUT2D eigenvalue weighted by Gasteiger charge is 2.69. The van der Waals surface area contributed by atoms with Crippen LogP contribution in [0.4, 0.5) is 13.2 Å². The highest BCUT2D eigenvalue weighted by atomic mass is 32.3. The van der Waals surface area contributed by atoms with Gasteiger partial charge in [0, 0.05) is 0 Å². The molecule has 0 N–H and O–H groups in total. The molecule has 0 rings (SSSR count). The first-order valence-corrected chi connectivity index (χ1v) is 8.93. The molecule has 0 spiro atoms. The van der Waals surface area contributed by atoms with Crippen molar-refractivity contribution >= 4 is 10.5 Å². The van der Waals surface area contributed by atoms with Crippen molar-refractivity contribution in [2.75, 3.05) is 19.6 Å². The van der Waals surface area contributed by atoms with Gasteiger partial charge >= 0.3 is 16.0 Å². The van der Waals surface area contributed by atoms with Gasteiger partial charge in [-0.1, -0.05) is 40.0 Å². The Hall–Kier alpha value is -0.180. The van der Waals surface area contributed by atoms with Crippen LogP contribution >= 0.6 is 0 Å². The number of quaternary nitrogens is 1. The topological polar surface area (TPSA) is 46.2 Å². The lowest BCUT2D eigenvalue weighted by Crippen LogP contribution is -2.54. The van der Waals surface area contributed by atoms with Crippen molar-refractivity contribution in [2.24, 2.45) is 0 Å². The van der Waals surface area contributed by atoms with Crippen LogP contribution in [0.3, 0.4) is 0 Å². The van der Waals surface area contributed by atoms with E-state index in [4.69, 9.17) is 0 Å². The average Bonchev–Trinajstić information content (AvgIpc) is 2.38. The average molecular weight is 334 g/mol. The van der Waals surface area contributed by atoms with E-state index in [1.807, 2.05) is 20.8 Å². The monoisotopic (exact) mass is 334 g/mol. The summed E-state index contributed by atoms with van der Waals surface area (Å²) < 4.78 is 64.8. The molecule has 8 heteroatoms. The van der Waals surface area contributed by atoms with Crippen molar-refractivity contribution in [3.05, 3.63) is 0 Å². The largest absolute Gasteiger partial charge is 0.651 e. The van der Waals surface area contributed by atoms with Gasteiger partial charge in [-0.05, 0) is 23.5 Å². The quantitative estimate of drug-likeness (QED) is 0.319. The van der Waals surface area contributed by atoms with E-state index in [-0.39, 0.29) is 19.6 Å². The van der Waals surface area contributed by atoms with E-state index in [0.29, 0.717) is 19.3 Å². The van der Waals surface area contributed by atoms with Crippen LogP contribution in [0.2, 0.25) is 0 Å². The molecular weight excluding hydrogens is 307 g/mol. The molecule has 0 fully saturated rings. The van der Waals surface area contributed by atoms with E-state index < -0.39 is 20.6 Å². The first kappa shape index (κ1) is 20.8. The lowest BCUT2D eigenvalue weighted by Gasteiger charge is -2.31. The van der Waals surface area contributed by atoms with Crippen LogP contribution in [0.25, 0.3) is 0 Å². The predicted octanol–water partition coefficient (Wildman–Crippen LogP) is 4.41. The third kappa shape index (κ3) is 7.08. The zero-order chi connectivity index (χ0) is 16.6. The van der Waals surface area contributed by atoms with Gasteiger partial charge in [-0.25, -0.2) is 0 Å². The Balaban J connectivity index is 5.25. The molecule has 1 radical (unpaired) electrons. The molecule has 21 heavy (non-hydrogen) atoms. The Morgan fingerprint density at radius 3 is 1.48 bits per heavy atom. The lowest BCUT2D eigenvalue weighted by molar-refractivity contribution is -1.08. The number of unbranched alkanes of at least 4 members (excludes halogenated alkanes) is 3. The third-order valence-electron chi connectivity index (χ3n) is 3.30. The summed E-state index contributed by atoms with van der Waals surface area (Å²) in [5.74, 6) is 0. The standard InChI is InChI=1S/C13H27F3NO3S/c1-4-7-10-17(11-8-5-2,12-9-6-3)20-21(18,19)13(14,15)16/h4-12H2,1-3H3/q+2. The summed E-state index contributed by atoms with van der Waals surface area (Å²) in [7, 11) is -5.57. The third-order valence-corrected chi connectivity index (χ3v) is 4.38. The van der Waals surface area contributed by atoms with Gasteiger partial charge in [-0.3, -0.25) is 0 Å². The van der Waals surface area contributed by atoms with Crippen molar-refractivity contribution in [1.29, 1.82) is 0 Å². The first-order chi connectivity index (χ1) is 9.64. The summed E-state index contributed by atoms with van der Waals surface area (Å²) >= 11 is 0. The summed E-state index contributed by atoms with van der Waals surface area (Å²) in [4.78, 5) is 0. The molecule has 1 unspecified atom stereocenters.